The molecule has 1 saturated heterocycles. The van der Waals surface area contributed by atoms with Gasteiger partial charge in [-0.15, -0.1) is 0 Å². The summed E-state index contributed by atoms with van der Waals surface area (Å²) in [4.78, 5) is 36.4. The number of carbonyl (C=O) groups is 3. The standard InChI is InChI=1S/C16H25N3O4/c1-15(2)10-11(16(3,4)19(15)23)14(22)17-8-5-9-18-12(20)6-7-13(18)21/h6-7,11,23H,5,8-10H2,1-4H3,(H,17,22). The van der Waals surface area contributed by atoms with E-state index in [1.807, 2.05) is 27.7 Å². The summed E-state index contributed by atoms with van der Waals surface area (Å²) in [5.74, 6) is -1.05. The van der Waals surface area contributed by atoms with Gasteiger partial charge >= 0.3 is 0 Å². The molecule has 0 aromatic carbocycles. The average Bonchev–Trinajstić information content (AvgIpc) is 2.86. The van der Waals surface area contributed by atoms with Crippen molar-refractivity contribution in [1.82, 2.24) is 15.3 Å². The van der Waals surface area contributed by atoms with Crippen LogP contribution in [0, 0.1) is 5.92 Å². The fourth-order valence-electron chi connectivity index (χ4n) is 3.40. The van der Waals surface area contributed by atoms with Gasteiger partial charge in [0.1, 0.15) is 0 Å². The van der Waals surface area contributed by atoms with Gasteiger partial charge in [0.05, 0.1) is 11.5 Å². The number of rotatable bonds is 5. The molecule has 2 aliphatic heterocycles. The Morgan fingerprint density at radius 3 is 2.30 bits per heavy atom. The third-order valence-electron chi connectivity index (χ3n) is 4.75. The normalized spacial score (nSPS) is 26.1. The lowest BCUT2D eigenvalue weighted by atomic mass is 9.86. The molecule has 0 saturated carbocycles. The molecule has 1 atom stereocenters. The maximum absolute atomic E-state index is 12.4. The van der Waals surface area contributed by atoms with Gasteiger partial charge in [-0.25, -0.2) is 0 Å². The molecule has 2 aliphatic rings. The highest BCUT2D eigenvalue weighted by atomic mass is 16.5. The fourth-order valence-corrected chi connectivity index (χ4v) is 3.40. The van der Waals surface area contributed by atoms with E-state index in [-0.39, 0.29) is 30.2 Å². The lowest BCUT2D eigenvalue weighted by Gasteiger charge is -2.35. The molecule has 7 heteroatoms. The summed E-state index contributed by atoms with van der Waals surface area (Å²) >= 11 is 0. The second kappa shape index (κ2) is 6.05. The van der Waals surface area contributed by atoms with Crippen molar-refractivity contribution in [3.63, 3.8) is 0 Å². The zero-order chi connectivity index (χ0) is 17.4. The number of imide groups is 1. The highest BCUT2D eigenvalue weighted by molar-refractivity contribution is 6.12. The van der Waals surface area contributed by atoms with Crippen LogP contribution in [-0.2, 0) is 14.4 Å². The van der Waals surface area contributed by atoms with Gasteiger partial charge in [0, 0.05) is 30.8 Å². The Bertz CT molecular complexity index is 536. The van der Waals surface area contributed by atoms with Gasteiger partial charge in [-0.2, -0.15) is 5.06 Å². The van der Waals surface area contributed by atoms with Crippen LogP contribution in [0.15, 0.2) is 12.2 Å². The third kappa shape index (κ3) is 3.30. The lowest BCUT2D eigenvalue weighted by Crippen LogP contribution is -2.50. The molecule has 7 nitrogen and oxygen atoms in total. The van der Waals surface area contributed by atoms with Gasteiger partial charge in [0.2, 0.25) is 5.91 Å². The molecule has 3 amide bonds. The largest absolute Gasteiger partial charge is 0.356 e. The zero-order valence-corrected chi connectivity index (χ0v) is 14.1. The highest BCUT2D eigenvalue weighted by Gasteiger charge is 2.54. The Morgan fingerprint density at radius 1 is 1.26 bits per heavy atom. The maximum atomic E-state index is 12.4. The molecule has 0 aromatic rings. The van der Waals surface area contributed by atoms with E-state index < -0.39 is 11.1 Å². The van der Waals surface area contributed by atoms with Gasteiger partial charge in [-0.3, -0.25) is 19.3 Å². The summed E-state index contributed by atoms with van der Waals surface area (Å²) < 4.78 is 0. The molecule has 1 fully saturated rings. The molecular formula is C16H25N3O4. The Labute approximate surface area is 136 Å². The quantitative estimate of drug-likeness (QED) is 0.574. The van der Waals surface area contributed by atoms with E-state index >= 15 is 0 Å². The summed E-state index contributed by atoms with van der Waals surface area (Å²) in [6, 6.07) is 0. The summed E-state index contributed by atoms with van der Waals surface area (Å²) in [6.45, 7) is 8.17. The first-order chi connectivity index (χ1) is 10.6. The number of hydroxylamine groups is 2. The van der Waals surface area contributed by atoms with E-state index in [2.05, 4.69) is 5.32 Å². The molecule has 2 rings (SSSR count). The first-order valence-corrected chi connectivity index (χ1v) is 7.88. The first kappa shape index (κ1) is 17.6. The minimum atomic E-state index is -0.640. The molecule has 128 valence electrons. The predicted octanol–water partition coefficient (Wildman–Crippen LogP) is 0.686. The van der Waals surface area contributed by atoms with Crippen molar-refractivity contribution in [3.8, 4) is 0 Å². The molecular weight excluding hydrogens is 298 g/mol. The summed E-state index contributed by atoms with van der Waals surface area (Å²) in [5, 5.41) is 14.3. The Balaban J connectivity index is 1.82. The second-order valence-electron chi connectivity index (χ2n) is 7.34. The minimum absolute atomic E-state index is 0.114. The number of carbonyl (C=O) groups excluding carboxylic acids is 3. The van der Waals surface area contributed by atoms with Gasteiger partial charge in [0.25, 0.3) is 11.8 Å². The van der Waals surface area contributed by atoms with Crippen molar-refractivity contribution in [2.24, 2.45) is 5.92 Å². The predicted molar refractivity (Wildman–Crippen MR) is 83.4 cm³/mol. The molecule has 1 unspecified atom stereocenters. The van der Waals surface area contributed by atoms with Crippen molar-refractivity contribution in [1.29, 1.82) is 0 Å². The van der Waals surface area contributed by atoms with Crippen LogP contribution in [0.2, 0.25) is 0 Å². The zero-order valence-electron chi connectivity index (χ0n) is 14.1. The minimum Gasteiger partial charge on any atom is -0.356 e. The van der Waals surface area contributed by atoms with Gasteiger partial charge < -0.3 is 10.5 Å². The van der Waals surface area contributed by atoms with Crippen molar-refractivity contribution >= 4 is 17.7 Å². The second-order valence-corrected chi connectivity index (χ2v) is 7.34. The van der Waals surface area contributed by atoms with E-state index in [0.29, 0.717) is 19.4 Å². The molecule has 2 heterocycles. The van der Waals surface area contributed by atoms with Gasteiger partial charge in [-0.05, 0) is 40.5 Å². The summed E-state index contributed by atoms with van der Waals surface area (Å²) in [5.41, 5.74) is -1.09. The van der Waals surface area contributed by atoms with Crippen molar-refractivity contribution < 1.29 is 19.6 Å². The fraction of sp³-hybridized carbons (Fsp3) is 0.688. The van der Waals surface area contributed by atoms with E-state index in [9.17, 15) is 19.6 Å². The molecule has 0 bridgehead atoms. The van der Waals surface area contributed by atoms with Crippen LogP contribution in [0.5, 0.6) is 0 Å². The van der Waals surface area contributed by atoms with Crippen LogP contribution < -0.4 is 5.32 Å². The highest BCUT2D eigenvalue weighted by Crippen LogP contribution is 2.43. The van der Waals surface area contributed by atoms with Crippen LogP contribution in [0.1, 0.15) is 40.5 Å². The summed E-state index contributed by atoms with van der Waals surface area (Å²) in [6.07, 6.45) is 3.57. The third-order valence-corrected chi connectivity index (χ3v) is 4.75. The summed E-state index contributed by atoms with van der Waals surface area (Å²) in [7, 11) is 0. The first-order valence-electron chi connectivity index (χ1n) is 7.88. The van der Waals surface area contributed by atoms with Crippen molar-refractivity contribution in [3.05, 3.63) is 12.2 Å². The molecule has 0 spiro atoms. The monoisotopic (exact) mass is 323 g/mol. The average molecular weight is 323 g/mol. The Morgan fingerprint density at radius 2 is 1.83 bits per heavy atom. The van der Waals surface area contributed by atoms with Crippen molar-refractivity contribution in [2.75, 3.05) is 13.1 Å². The number of hydrogen-bond donors (Lipinski definition) is 2. The number of amides is 3. The van der Waals surface area contributed by atoms with E-state index in [1.54, 1.807) is 0 Å². The SMILES string of the molecule is CC1(C)CC(C(=O)NCCCN2C(=O)C=CC2=O)C(C)(C)N1O. The number of nitrogens with one attached hydrogen (secondary N) is 1. The van der Waals surface area contributed by atoms with E-state index in [0.717, 1.165) is 4.90 Å². The van der Waals surface area contributed by atoms with Crippen LogP contribution >= 0.6 is 0 Å². The van der Waals surface area contributed by atoms with Crippen LogP contribution in [-0.4, -0.2) is 57.1 Å². The Hall–Kier alpha value is -1.73. The Kier molecular flexibility index (Phi) is 4.64. The topological polar surface area (TPSA) is 90.0 Å². The number of hydrogen-bond acceptors (Lipinski definition) is 5. The lowest BCUT2D eigenvalue weighted by molar-refractivity contribution is -0.197. The molecule has 23 heavy (non-hydrogen) atoms. The van der Waals surface area contributed by atoms with Gasteiger partial charge in [0.15, 0.2) is 0 Å². The van der Waals surface area contributed by atoms with Crippen molar-refractivity contribution in [2.45, 2.75) is 51.6 Å². The van der Waals surface area contributed by atoms with Gasteiger partial charge in [-0.1, -0.05) is 0 Å². The van der Waals surface area contributed by atoms with Crippen LogP contribution in [0.4, 0.5) is 0 Å². The molecule has 0 radical (unpaired) electrons. The smallest absolute Gasteiger partial charge is 0.253 e. The van der Waals surface area contributed by atoms with Crippen LogP contribution in [0.25, 0.3) is 0 Å². The number of nitrogens with zero attached hydrogens (tertiary/aromatic N) is 2. The molecule has 0 aromatic heterocycles. The molecule has 0 aliphatic carbocycles. The van der Waals surface area contributed by atoms with E-state index in [4.69, 9.17) is 0 Å². The maximum Gasteiger partial charge on any atom is 0.253 e. The molecule has 2 N–H and O–H groups in total. The van der Waals surface area contributed by atoms with Crippen LogP contribution in [0.3, 0.4) is 0 Å². The van der Waals surface area contributed by atoms with E-state index in [1.165, 1.54) is 17.2 Å².